The average Bonchev–Trinajstić information content (AvgIpc) is 2.77. The number of hydrogen-bond acceptors (Lipinski definition) is 4. The first-order valence-electron chi connectivity index (χ1n) is 11.2. The molecule has 0 saturated heterocycles. The van der Waals surface area contributed by atoms with Crippen LogP contribution in [0.15, 0.2) is 36.4 Å². The molecule has 0 aliphatic heterocycles. The molecule has 36 heavy (non-hydrogen) atoms. The highest BCUT2D eigenvalue weighted by Crippen LogP contribution is 2.29. The second kappa shape index (κ2) is 13.2. The maximum Gasteiger partial charge on any atom is 0.244 e. The van der Waals surface area contributed by atoms with E-state index in [4.69, 9.17) is 46.4 Å². The van der Waals surface area contributed by atoms with Crippen LogP contribution in [0.2, 0.25) is 20.1 Å². The van der Waals surface area contributed by atoms with Crippen molar-refractivity contribution in [1.29, 1.82) is 0 Å². The van der Waals surface area contributed by atoms with Crippen LogP contribution in [-0.4, -0.2) is 50.0 Å². The lowest BCUT2D eigenvalue weighted by molar-refractivity contribution is -0.140. The summed E-state index contributed by atoms with van der Waals surface area (Å²) in [4.78, 5) is 28.2. The van der Waals surface area contributed by atoms with Gasteiger partial charge in [-0.25, -0.2) is 8.42 Å². The van der Waals surface area contributed by atoms with Gasteiger partial charge in [0.05, 0.1) is 11.9 Å². The van der Waals surface area contributed by atoms with Gasteiger partial charge in [0.25, 0.3) is 0 Å². The largest absolute Gasteiger partial charge is 0.352 e. The Morgan fingerprint density at radius 3 is 2.00 bits per heavy atom. The molecule has 0 aromatic heterocycles. The molecule has 2 rings (SSSR count). The normalized spacial score (nSPS) is 13.1. The monoisotopic (exact) mass is 595 g/mol. The van der Waals surface area contributed by atoms with E-state index in [2.05, 4.69) is 5.32 Å². The van der Waals surface area contributed by atoms with Gasteiger partial charge in [0, 0.05) is 38.2 Å². The molecule has 2 aromatic carbocycles. The van der Waals surface area contributed by atoms with E-state index in [0.29, 0.717) is 22.0 Å². The zero-order valence-corrected chi connectivity index (χ0v) is 24.2. The Labute approximate surface area is 232 Å². The van der Waals surface area contributed by atoms with Crippen LogP contribution in [0.25, 0.3) is 0 Å². The Balaban J connectivity index is 2.53. The molecule has 198 valence electrons. The van der Waals surface area contributed by atoms with E-state index in [-0.39, 0.29) is 40.6 Å². The predicted octanol–water partition coefficient (Wildman–Crippen LogP) is 5.79. The van der Waals surface area contributed by atoms with Gasteiger partial charge < -0.3 is 10.2 Å². The molecule has 0 spiro atoms. The Morgan fingerprint density at radius 1 is 0.972 bits per heavy atom. The minimum atomic E-state index is -3.93. The number of amides is 2. The van der Waals surface area contributed by atoms with Gasteiger partial charge in [0.15, 0.2) is 0 Å². The number of rotatable bonds is 11. The molecule has 0 aliphatic carbocycles. The molecule has 1 N–H and O–H groups in total. The fourth-order valence-electron chi connectivity index (χ4n) is 3.51. The van der Waals surface area contributed by atoms with Crippen molar-refractivity contribution in [3.8, 4) is 0 Å². The number of carbonyl (C=O) groups excluding carboxylic acids is 2. The van der Waals surface area contributed by atoms with Gasteiger partial charge in [-0.2, -0.15) is 0 Å². The van der Waals surface area contributed by atoms with E-state index in [1.165, 1.54) is 23.1 Å². The zero-order valence-electron chi connectivity index (χ0n) is 20.4. The standard InChI is InChI=1S/C24H29Cl4N3O4S/c1-5-15(3)29-24(33)22(6-2)30(13-19-20(27)8-7-9-21(19)28)23(32)14-31(36(4,34)35)18-11-16(25)10-17(26)12-18/h7-12,15,22H,5-6,13-14H2,1-4H3,(H,29,33)/t15-,22+/m0/s1. The quantitative estimate of drug-likeness (QED) is 0.356. The Bertz CT molecular complexity index is 1170. The van der Waals surface area contributed by atoms with Crippen molar-refractivity contribution in [3.05, 3.63) is 62.1 Å². The highest BCUT2D eigenvalue weighted by molar-refractivity contribution is 7.92. The maximum atomic E-state index is 13.7. The molecule has 7 nitrogen and oxygen atoms in total. The predicted molar refractivity (Wildman–Crippen MR) is 148 cm³/mol. The first-order chi connectivity index (χ1) is 16.8. The number of hydrogen-bond donors (Lipinski definition) is 1. The summed E-state index contributed by atoms with van der Waals surface area (Å²) < 4.78 is 26.3. The van der Waals surface area contributed by atoms with Crippen molar-refractivity contribution in [2.45, 2.75) is 52.2 Å². The first kappa shape index (κ1) is 30.5. The van der Waals surface area contributed by atoms with Crippen molar-refractivity contribution in [2.24, 2.45) is 0 Å². The molecule has 0 aliphatic rings. The third kappa shape index (κ3) is 8.15. The number of sulfonamides is 1. The van der Waals surface area contributed by atoms with Crippen molar-refractivity contribution in [2.75, 3.05) is 17.1 Å². The van der Waals surface area contributed by atoms with Crippen molar-refractivity contribution in [3.63, 3.8) is 0 Å². The second-order valence-corrected chi connectivity index (χ2v) is 12.0. The lowest BCUT2D eigenvalue weighted by Crippen LogP contribution is -2.53. The summed E-state index contributed by atoms with van der Waals surface area (Å²) in [6.45, 7) is 4.86. The Hall–Kier alpha value is -1.71. The molecular formula is C24H29Cl4N3O4S. The molecule has 0 bridgehead atoms. The van der Waals surface area contributed by atoms with Crippen LogP contribution in [0, 0.1) is 0 Å². The molecule has 0 saturated carbocycles. The average molecular weight is 597 g/mol. The van der Waals surface area contributed by atoms with Crippen molar-refractivity contribution < 1.29 is 18.0 Å². The third-order valence-electron chi connectivity index (χ3n) is 5.59. The summed E-state index contributed by atoms with van der Waals surface area (Å²) in [5.41, 5.74) is 0.567. The van der Waals surface area contributed by atoms with E-state index in [9.17, 15) is 18.0 Å². The smallest absolute Gasteiger partial charge is 0.244 e. The Kier molecular flexibility index (Phi) is 11.2. The van der Waals surface area contributed by atoms with Crippen LogP contribution in [0.5, 0.6) is 0 Å². The third-order valence-corrected chi connectivity index (χ3v) is 7.88. The van der Waals surface area contributed by atoms with Crippen LogP contribution in [0.4, 0.5) is 5.69 Å². The fraction of sp³-hybridized carbons (Fsp3) is 0.417. The molecule has 0 heterocycles. The second-order valence-electron chi connectivity index (χ2n) is 8.36. The van der Waals surface area contributed by atoms with E-state index in [0.717, 1.165) is 10.6 Å². The van der Waals surface area contributed by atoms with Crippen LogP contribution < -0.4 is 9.62 Å². The number of carbonyl (C=O) groups is 2. The van der Waals surface area contributed by atoms with Crippen LogP contribution in [0.3, 0.4) is 0 Å². The van der Waals surface area contributed by atoms with Crippen molar-refractivity contribution >= 4 is 73.9 Å². The van der Waals surface area contributed by atoms with Gasteiger partial charge in [0.2, 0.25) is 21.8 Å². The fourth-order valence-corrected chi connectivity index (χ4v) is 5.38. The Morgan fingerprint density at radius 2 is 1.53 bits per heavy atom. The van der Waals surface area contributed by atoms with Gasteiger partial charge in [-0.1, -0.05) is 66.3 Å². The van der Waals surface area contributed by atoms with Gasteiger partial charge >= 0.3 is 0 Å². The lowest BCUT2D eigenvalue weighted by Gasteiger charge is -2.33. The highest BCUT2D eigenvalue weighted by atomic mass is 35.5. The highest BCUT2D eigenvalue weighted by Gasteiger charge is 2.33. The van der Waals surface area contributed by atoms with Gasteiger partial charge in [-0.15, -0.1) is 0 Å². The summed E-state index contributed by atoms with van der Waals surface area (Å²) in [7, 11) is -3.93. The molecule has 0 radical (unpaired) electrons. The number of nitrogens with zero attached hydrogens (tertiary/aromatic N) is 2. The number of anilines is 1. The van der Waals surface area contributed by atoms with E-state index in [1.54, 1.807) is 25.1 Å². The number of benzene rings is 2. The first-order valence-corrected chi connectivity index (χ1v) is 14.6. The van der Waals surface area contributed by atoms with E-state index in [1.807, 2.05) is 13.8 Å². The minimum Gasteiger partial charge on any atom is -0.352 e. The lowest BCUT2D eigenvalue weighted by atomic mass is 10.1. The van der Waals surface area contributed by atoms with Gasteiger partial charge in [0.1, 0.15) is 12.6 Å². The van der Waals surface area contributed by atoms with E-state index >= 15 is 0 Å². The maximum absolute atomic E-state index is 13.7. The molecule has 12 heteroatoms. The molecule has 2 amide bonds. The number of halogens is 4. The summed E-state index contributed by atoms with van der Waals surface area (Å²) in [6, 6.07) is 8.14. The summed E-state index contributed by atoms with van der Waals surface area (Å²) in [5, 5.41) is 3.95. The SMILES string of the molecule is CC[C@H](C(=O)N[C@@H](C)CC)N(Cc1c(Cl)cccc1Cl)C(=O)CN(c1cc(Cl)cc(Cl)c1)S(C)(=O)=O. The van der Waals surface area contributed by atoms with Gasteiger partial charge in [-0.05, 0) is 50.1 Å². The molecule has 0 fully saturated rings. The molecule has 2 atom stereocenters. The molecular weight excluding hydrogens is 568 g/mol. The topological polar surface area (TPSA) is 86.8 Å². The summed E-state index contributed by atoms with van der Waals surface area (Å²) in [5.74, 6) is -0.987. The summed E-state index contributed by atoms with van der Waals surface area (Å²) >= 11 is 24.9. The number of nitrogens with one attached hydrogen (secondary N) is 1. The minimum absolute atomic E-state index is 0.0995. The van der Waals surface area contributed by atoms with Crippen LogP contribution in [-0.2, 0) is 26.2 Å². The van der Waals surface area contributed by atoms with E-state index < -0.39 is 28.5 Å². The van der Waals surface area contributed by atoms with Crippen molar-refractivity contribution in [1.82, 2.24) is 10.2 Å². The zero-order chi connectivity index (χ0) is 27.2. The van der Waals surface area contributed by atoms with Gasteiger partial charge in [-0.3, -0.25) is 13.9 Å². The molecule has 0 unspecified atom stereocenters. The summed E-state index contributed by atoms with van der Waals surface area (Å²) in [6.07, 6.45) is 1.94. The molecule has 2 aromatic rings. The van der Waals surface area contributed by atoms with Crippen LogP contribution in [0.1, 0.15) is 39.2 Å². The van der Waals surface area contributed by atoms with Crippen LogP contribution >= 0.6 is 46.4 Å².